The summed E-state index contributed by atoms with van der Waals surface area (Å²) in [5.74, 6) is 0. The van der Waals surface area contributed by atoms with Gasteiger partial charge in [0, 0.05) is 18.6 Å². The number of nitrogens with one attached hydrogen (secondary N) is 1. The smallest absolute Gasteiger partial charge is 0.0657 e. The van der Waals surface area contributed by atoms with Gasteiger partial charge in [-0.15, -0.1) is 0 Å². The van der Waals surface area contributed by atoms with Gasteiger partial charge in [-0.3, -0.25) is 0 Å². The van der Waals surface area contributed by atoms with Crippen molar-refractivity contribution in [2.45, 2.75) is 45.3 Å². The summed E-state index contributed by atoms with van der Waals surface area (Å²) < 4.78 is 5.48. The molecule has 72 valence electrons. The molecule has 1 rings (SSSR count). The summed E-state index contributed by atoms with van der Waals surface area (Å²) in [6.07, 6.45) is 4.08. The SMILES string of the molecule is CCC1(CC)[C@@H](OC)C[C@H]1NC. The zero-order valence-electron chi connectivity index (χ0n) is 8.68. The van der Waals surface area contributed by atoms with Gasteiger partial charge in [-0.2, -0.15) is 0 Å². The Bertz CT molecular complexity index is 131. The predicted octanol–water partition coefficient (Wildman–Crippen LogP) is 1.80. The summed E-state index contributed by atoms with van der Waals surface area (Å²) in [7, 11) is 3.88. The molecule has 0 amide bonds. The van der Waals surface area contributed by atoms with Gasteiger partial charge in [0.2, 0.25) is 0 Å². The first kappa shape index (κ1) is 10.0. The van der Waals surface area contributed by atoms with E-state index in [1.165, 1.54) is 19.3 Å². The van der Waals surface area contributed by atoms with Crippen LogP contribution in [-0.4, -0.2) is 26.3 Å². The maximum absolute atomic E-state index is 5.48. The molecule has 1 N–H and O–H groups in total. The highest BCUT2D eigenvalue weighted by molar-refractivity contribution is 5.05. The maximum atomic E-state index is 5.48. The molecule has 0 radical (unpaired) electrons. The average Bonchev–Trinajstić information content (AvgIpc) is 2.07. The molecule has 0 aromatic carbocycles. The summed E-state index contributed by atoms with van der Waals surface area (Å²) in [6, 6.07) is 0.664. The number of hydrogen-bond donors (Lipinski definition) is 1. The van der Waals surface area contributed by atoms with E-state index in [0.717, 1.165) is 0 Å². The molecular formula is C10H21NO. The standard InChI is InChI=1S/C10H21NO/c1-5-10(6-2)8(11-3)7-9(10)12-4/h8-9,11H,5-7H2,1-4H3/t8-,9+/m1/s1. The van der Waals surface area contributed by atoms with Crippen LogP contribution < -0.4 is 5.32 Å². The fourth-order valence-electron chi connectivity index (χ4n) is 2.68. The first-order chi connectivity index (χ1) is 5.75. The summed E-state index contributed by atoms with van der Waals surface area (Å²) in [5, 5.41) is 3.38. The van der Waals surface area contributed by atoms with Crippen molar-refractivity contribution >= 4 is 0 Å². The summed E-state index contributed by atoms with van der Waals surface area (Å²) in [5.41, 5.74) is 0.406. The lowest BCUT2D eigenvalue weighted by molar-refractivity contribution is -0.121. The molecule has 0 bridgehead atoms. The molecule has 2 heteroatoms. The van der Waals surface area contributed by atoms with Crippen molar-refractivity contribution in [3.8, 4) is 0 Å². The minimum Gasteiger partial charge on any atom is -0.381 e. The van der Waals surface area contributed by atoms with Gasteiger partial charge in [-0.25, -0.2) is 0 Å². The zero-order valence-corrected chi connectivity index (χ0v) is 8.68. The van der Waals surface area contributed by atoms with E-state index in [0.29, 0.717) is 17.6 Å². The molecule has 0 heterocycles. The number of rotatable bonds is 4. The highest BCUT2D eigenvalue weighted by atomic mass is 16.5. The summed E-state index contributed by atoms with van der Waals surface area (Å²) in [6.45, 7) is 4.53. The molecule has 0 unspecified atom stereocenters. The van der Waals surface area contributed by atoms with Crippen LogP contribution in [0.25, 0.3) is 0 Å². The van der Waals surface area contributed by atoms with E-state index >= 15 is 0 Å². The topological polar surface area (TPSA) is 21.3 Å². The molecule has 0 aliphatic heterocycles. The van der Waals surface area contributed by atoms with Crippen molar-refractivity contribution in [2.75, 3.05) is 14.2 Å². The van der Waals surface area contributed by atoms with E-state index in [9.17, 15) is 0 Å². The van der Waals surface area contributed by atoms with E-state index in [1.807, 2.05) is 7.11 Å². The monoisotopic (exact) mass is 171 g/mol. The predicted molar refractivity (Wildman–Crippen MR) is 51.3 cm³/mol. The zero-order chi connectivity index (χ0) is 9.19. The lowest BCUT2D eigenvalue weighted by Gasteiger charge is -2.55. The van der Waals surface area contributed by atoms with Crippen LogP contribution >= 0.6 is 0 Å². The van der Waals surface area contributed by atoms with E-state index < -0.39 is 0 Å². The average molecular weight is 171 g/mol. The molecule has 0 aromatic heterocycles. The minimum atomic E-state index is 0.406. The van der Waals surface area contributed by atoms with Gasteiger partial charge in [0.25, 0.3) is 0 Å². The second-order valence-electron chi connectivity index (χ2n) is 3.74. The minimum absolute atomic E-state index is 0.406. The Morgan fingerprint density at radius 3 is 2.33 bits per heavy atom. The van der Waals surface area contributed by atoms with Gasteiger partial charge >= 0.3 is 0 Å². The lowest BCUT2D eigenvalue weighted by atomic mass is 9.59. The number of ether oxygens (including phenoxy) is 1. The second kappa shape index (κ2) is 3.75. The Morgan fingerprint density at radius 2 is 2.00 bits per heavy atom. The molecular weight excluding hydrogens is 150 g/mol. The van der Waals surface area contributed by atoms with E-state index in [2.05, 4.69) is 26.2 Å². The van der Waals surface area contributed by atoms with Crippen LogP contribution in [0, 0.1) is 5.41 Å². The summed E-state index contributed by atoms with van der Waals surface area (Å²) >= 11 is 0. The van der Waals surface area contributed by atoms with E-state index in [4.69, 9.17) is 4.74 Å². The van der Waals surface area contributed by atoms with Crippen LogP contribution in [0.2, 0.25) is 0 Å². The Hall–Kier alpha value is -0.0800. The lowest BCUT2D eigenvalue weighted by Crippen LogP contribution is -2.62. The van der Waals surface area contributed by atoms with Crippen molar-refractivity contribution in [2.24, 2.45) is 5.41 Å². The van der Waals surface area contributed by atoms with Gasteiger partial charge in [0.05, 0.1) is 6.10 Å². The van der Waals surface area contributed by atoms with Crippen LogP contribution in [0.15, 0.2) is 0 Å². The highest BCUT2D eigenvalue weighted by Crippen LogP contribution is 2.48. The van der Waals surface area contributed by atoms with Gasteiger partial charge in [-0.1, -0.05) is 13.8 Å². The van der Waals surface area contributed by atoms with Gasteiger partial charge in [0.15, 0.2) is 0 Å². The normalized spacial score (nSPS) is 33.0. The quantitative estimate of drug-likeness (QED) is 0.696. The van der Waals surface area contributed by atoms with Crippen molar-refractivity contribution in [3.63, 3.8) is 0 Å². The molecule has 2 atom stereocenters. The molecule has 0 aromatic rings. The summed E-state index contributed by atoms with van der Waals surface area (Å²) in [4.78, 5) is 0. The van der Waals surface area contributed by atoms with Crippen molar-refractivity contribution in [1.82, 2.24) is 5.32 Å². The Kier molecular flexibility index (Phi) is 3.13. The van der Waals surface area contributed by atoms with Gasteiger partial charge < -0.3 is 10.1 Å². The molecule has 1 saturated carbocycles. The second-order valence-corrected chi connectivity index (χ2v) is 3.74. The Morgan fingerprint density at radius 1 is 1.42 bits per heavy atom. The maximum Gasteiger partial charge on any atom is 0.0657 e. The fourth-order valence-corrected chi connectivity index (χ4v) is 2.68. The number of hydrogen-bond acceptors (Lipinski definition) is 2. The van der Waals surface area contributed by atoms with Crippen molar-refractivity contribution in [3.05, 3.63) is 0 Å². The number of methoxy groups -OCH3 is 1. The largest absolute Gasteiger partial charge is 0.381 e. The molecule has 12 heavy (non-hydrogen) atoms. The first-order valence-electron chi connectivity index (χ1n) is 4.95. The van der Waals surface area contributed by atoms with Crippen LogP contribution in [0.4, 0.5) is 0 Å². The molecule has 1 aliphatic rings. The van der Waals surface area contributed by atoms with Crippen molar-refractivity contribution in [1.29, 1.82) is 0 Å². The fraction of sp³-hybridized carbons (Fsp3) is 1.00. The van der Waals surface area contributed by atoms with Gasteiger partial charge in [-0.05, 0) is 26.3 Å². The Labute approximate surface area is 75.7 Å². The molecule has 0 saturated heterocycles. The first-order valence-corrected chi connectivity index (χ1v) is 4.95. The molecule has 1 aliphatic carbocycles. The highest BCUT2D eigenvalue weighted by Gasteiger charge is 2.52. The van der Waals surface area contributed by atoms with Crippen LogP contribution in [0.1, 0.15) is 33.1 Å². The third kappa shape index (κ3) is 1.17. The van der Waals surface area contributed by atoms with Crippen LogP contribution in [-0.2, 0) is 4.74 Å². The van der Waals surface area contributed by atoms with E-state index in [1.54, 1.807) is 0 Å². The third-order valence-electron chi connectivity index (χ3n) is 3.73. The van der Waals surface area contributed by atoms with Crippen molar-refractivity contribution < 1.29 is 4.74 Å². The van der Waals surface area contributed by atoms with E-state index in [-0.39, 0.29) is 0 Å². The molecule has 1 fully saturated rings. The van der Waals surface area contributed by atoms with Gasteiger partial charge in [0.1, 0.15) is 0 Å². The molecule has 0 spiro atoms. The van der Waals surface area contributed by atoms with Crippen LogP contribution in [0.3, 0.4) is 0 Å². The Balaban J connectivity index is 2.65. The third-order valence-corrected chi connectivity index (χ3v) is 3.73. The molecule has 2 nitrogen and oxygen atoms in total. The van der Waals surface area contributed by atoms with Crippen LogP contribution in [0.5, 0.6) is 0 Å².